The van der Waals surface area contributed by atoms with Gasteiger partial charge in [0.2, 0.25) is 5.91 Å². The number of amides is 2. The average Bonchev–Trinajstić information content (AvgIpc) is 2.76. The highest BCUT2D eigenvalue weighted by Crippen LogP contribution is 2.13. The Morgan fingerprint density at radius 3 is 2.88 bits per heavy atom. The lowest BCUT2D eigenvalue weighted by Gasteiger charge is -2.17. The van der Waals surface area contributed by atoms with Crippen LogP contribution >= 0.6 is 0 Å². The Bertz CT molecular complexity index is 436. The summed E-state index contributed by atoms with van der Waals surface area (Å²) < 4.78 is 5.02. The first kappa shape index (κ1) is 10.6. The van der Waals surface area contributed by atoms with Crippen LogP contribution in [0.1, 0.15) is 12.2 Å². The summed E-state index contributed by atoms with van der Waals surface area (Å²) in [7, 11) is 0. The Labute approximate surface area is 91.0 Å². The van der Waals surface area contributed by atoms with Gasteiger partial charge in [-0.15, -0.1) is 0 Å². The van der Waals surface area contributed by atoms with Crippen LogP contribution in [-0.2, 0) is 9.59 Å². The zero-order valence-corrected chi connectivity index (χ0v) is 8.34. The van der Waals surface area contributed by atoms with Gasteiger partial charge in [0.1, 0.15) is 5.92 Å². The molecule has 2 rings (SSSR count). The highest BCUT2D eigenvalue weighted by atomic mass is 16.3. The fraction of sp³-hybridized carbons (Fsp3) is 0.300. The van der Waals surface area contributed by atoms with Gasteiger partial charge in [-0.25, -0.2) is 0 Å². The summed E-state index contributed by atoms with van der Waals surface area (Å²) in [5.74, 6) is -1.45. The topological polar surface area (TPSA) is 91.9 Å². The monoisotopic (exact) mass is 222 g/mol. The Morgan fingerprint density at radius 1 is 1.50 bits per heavy atom. The first-order valence-electron chi connectivity index (χ1n) is 4.80. The Morgan fingerprint density at radius 2 is 2.31 bits per heavy atom. The number of aliphatic hydroxyl groups is 1. The van der Waals surface area contributed by atoms with Crippen LogP contribution in [-0.4, -0.2) is 29.4 Å². The first-order valence-corrected chi connectivity index (χ1v) is 4.80. The minimum atomic E-state index is -0.899. The average molecular weight is 222 g/mol. The highest BCUT2D eigenvalue weighted by Gasteiger charge is 2.32. The van der Waals surface area contributed by atoms with Crippen LogP contribution in [0.15, 0.2) is 27.8 Å². The molecule has 0 saturated heterocycles. The highest BCUT2D eigenvalue weighted by molar-refractivity contribution is 6.19. The Kier molecular flexibility index (Phi) is 2.82. The molecule has 0 fully saturated rings. The number of hydrogen-bond acceptors (Lipinski definition) is 4. The van der Waals surface area contributed by atoms with Crippen LogP contribution in [0.5, 0.6) is 0 Å². The number of furan rings is 1. The van der Waals surface area contributed by atoms with Crippen molar-refractivity contribution in [2.45, 2.75) is 6.42 Å². The van der Waals surface area contributed by atoms with Gasteiger partial charge in [0, 0.05) is 6.61 Å². The van der Waals surface area contributed by atoms with E-state index in [4.69, 9.17) is 9.52 Å². The number of nitrogens with zero attached hydrogens (tertiary/aromatic N) is 1. The zero-order chi connectivity index (χ0) is 11.5. The normalized spacial score (nSPS) is 20.6. The van der Waals surface area contributed by atoms with Gasteiger partial charge < -0.3 is 14.8 Å². The van der Waals surface area contributed by atoms with Gasteiger partial charge in [0.05, 0.1) is 6.26 Å². The molecule has 0 radical (unpaired) electrons. The second-order valence-electron chi connectivity index (χ2n) is 3.33. The summed E-state index contributed by atoms with van der Waals surface area (Å²) in [5.41, 5.74) is 0. The lowest BCUT2D eigenvalue weighted by atomic mass is 10.0. The molecule has 0 aromatic carbocycles. The van der Waals surface area contributed by atoms with Crippen LogP contribution in [0, 0.1) is 5.92 Å². The molecule has 2 amide bonds. The molecule has 2 N–H and O–H groups in total. The molecule has 84 valence electrons. The second kappa shape index (κ2) is 4.28. The Hall–Kier alpha value is -1.95. The van der Waals surface area contributed by atoms with E-state index in [0.717, 1.165) is 0 Å². The third-order valence-electron chi connectivity index (χ3n) is 2.25. The molecule has 0 aliphatic carbocycles. The molecule has 1 aromatic heterocycles. The number of aliphatic hydroxyl groups excluding tert-OH is 1. The third kappa shape index (κ3) is 1.87. The molecule has 1 aromatic rings. The van der Waals surface area contributed by atoms with E-state index in [2.05, 4.69) is 10.3 Å². The molecule has 16 heavy (non-hydrogen) atoms. The van der Waals surface area contributed by atoms with Gasteiger partial charge in [0.25, 0.3) is 5.91 Å². The van der Waals surface area contributed by atoms with Crippen LogP contribution in [0.3, 0.4) is 0 Å². The largest absolute Gasteiger partial charge is 0.461 e. The molecule has 0 spiro atoms. The summed E-state index contributed by atoms with van der Waals surface area (Å²) >= 11 is 0. The first-order chi connectivity index (χ1) is 7.72. The van der Waals surface area contributed by atoms with Gasteiger partial charge in [-0.2, -0.15) is 4.99 Å². The number of nitrogens with one attached hydrogen (secondary N) is 1. The molecule has 1 atom stereocenters. The number of aliphatic imine (C=N–C) groups is 1. The fourth-order valence-electron chi connectivity index (χ4n) is 1.45. The number of hydrogen-bond donors (Lipinski definition) is 2. The maximum atomic E-state index is 11.5. The molecular formula is C10H10N2O4. The zero-order valence-electron chi connectivity index (χ0n) is 8.34. The fourth-order valence-corrected chi connectivity index (χ4v) is 1.45. The van der Waals surface area contributed by atoms with E-state index in [1.807, 2.05) is 0 Å². The molecule has 0 saturated carbocycles. The van der Waals surface area contributed by atoms with Gasteiger partial charge >= 0.3 is 0 Å². The number of amidine groups is 1. The summed E-state index contributed by atoms with van der Waals surface area (Å²) in [5, 5.41) is 11.2. The van der Waals surface area contributed by atoms with Crippen molar-refractivity contribution >= 4 is 17.6 Å². The van der Waals surface area contributed by atoms with Gasteiger partial charge in [-0.1, -0.05) is 0 Å². The van der Waals surface area contributed by atoms with Crippen molar-refractivity contribution < 1.29 is 19.1 Å². The van der Waals surface area contributed by atoms with E-state index >= 15 is 0 Å². The summed E-state index contributed by atoms with van der Waals surface area (Å²) in [4.78, 5) is 26.7. The van der Waals surface area contributed by atoms with Crippen molar-refractivity contribution in [3.05, 3.63) is 24.2 Å². The lowest BCUT2D eigenvalue weighted by molar-refractivity contribution is -0.134. The standard InChI is InChI=1S/C10H10N2O4/c13-4-3-6-9(14)11-8(12-10(6)15)7-2-1-5-16-7/h1-2,5-6,13H,3-4H2,(H,11,12,14,15). The van der Waals surface area contributed by atoms with E-state index in [1.54, 1.807) is 12.1 Å². The number of carbonyl (C=O) groups excluding carboxylic acids is 2. The van der Waals surface area contributed by atoms with Crippen molar-refractivity contribution in [3.63, 3.8) is 0 Å². The Balaban J connectivity index is 2.24. The van der Waals surface area contributed by atoms with Crippen LogP contribution in [0.4, 0.5) is 0 Å². The van der Waals surface area contributed by atoms with E-state index in [9.17, 15) is 9.59 Å². The minimum Gasteiger partial charge on any atom is -0.461 e. The maximum Gasteiger partial charge on any atom is 0.260 e. The van der Waals surface area contributed by atoms with Crippen molar-refractivity contribution in [2.24, 2.45) is 10.9 Å². The molecule has 0 bridgehead atoms. The maximum absolute atomic E-state index is 11.5. The smallest absolute Gasteiger partial charge is 0.260 e. The quantitative estimate of drug-likeness (QED) is 0.685. The molecule has 1 aliphatic rings. The van der Waals surface area contributed by atoms with Gasteiger partial charge in [-0.3, -0.25) is 9.59 Å². The van der Waals surface area contributed by atoms with E-state index < -0.39 is 17.7 Å². The predicted octanol–water partition coefficient (Wildman–Crippen LogP) is -0.319. The molecule has 1 aliphatic heterocycles. The molecule has 1 unspecified atom stereocenters. The van der Waals surface area contributed by atoms with Gasteiger partial charge in [0.15, 0.2) is 11.6 Å². The second-order valence-corrected chi connectivity index (χ2v) is 3.33. The summed E-state index contributed by atoms with van der Waals surface area (Å²) in [6, 6.07) is 3.23. The van der Waals surface area contributed by atoms with E-state index in [1.165, 1.54) is 6.26 Å². The number of carbonyl (C=O) groups is 2. The number of rotatable bonds is 3. The summed E-state index contributed by atoms with van der Waals surface area (Å²) in [6.07, 6.45) is 1.51. The third-order valence-corrected chi connectivity index (χ3v) is 2.25. The van der Waals surface area contributed by atoms with E-state index in [0.29, 0.717) is 5.76 Å². The van der Waals surface area contributed by atoms with Crippen LogP contribution < -0.4 is 5.32 Å². The SMILES string of the molecule is O=C1N=C(c2ccco2)NC(=O)C1CCO. The van der Waals surface area contributed by atoms with Crippen molar-refractivity contribution in [1.82, 2.24) is 5.32 Å². The summed E-state index contributed by atoms with van der Waals surface area (Å²) in [6.45, 7) is -0.227. The van der Waals surface area contributed by atoms with Crippen molar-refractivity contribution in [2.75, 3.05) is 6.61 Å². The molecular weight excluding hydrogens is 212 g/mol. The predicted molar refractivity (Wildman–Crippen MR) is 53.6 cm³/mol. The van der Waals surface area contributed by atoms with E-state index in [-0.39, 0.29) is 18.9 Å². The molecule has 6 heteroatoms. The van der Waals surface area contributed by atoms with Gasteiger partial charge in [-0.05, 0) is 18.6 Å². The minimum absolute atomic E-state index is 0.0829. The van der Waals surface area contributed by atoms with Crippen molar-refractivity contribution in [1.29, 1.82) is 0 Å². The molecule has 2 heterocycles. The van der Waals surface area contributed by atoms with Crippen LogP contribution in [0.2, 0.25) is 0 Å². The lowest BCUT2D eigenvalue weighted by Crippen LogP contribution is -2.44. The van der Waals surface area contributed by atoms with Crippen molar-refractivity contribution in [3.8, 4) is 0 Å². The van der Waals surface area contributed by atoms with Crippen LogP contribution in [0.25, 0.3) is 0 Å². The molecule has 6 nitrogen and oxygen atoms in total.